The van der Waals surface area contributed by atoms with Gasteiger partial charge in [0.2, 0.25) is 0 Å². The van der Waals surface area contributed by atoms with Crippen LogP contribution in [0.5, 0.6) is 0 Å². The molecule has 0 radical (unpaired) electrons. The molecule has 1 aliphatic carbocycles. The van der Waals surface area contributed by atoms with Gasteiger partial charge in [-0.25, -0.2) is 4.98 Å². The van der Waals surface area contributed by atoms with Gasteiger partial charge in [-0.15, -0.1) is 11.3 Å². The molecule has 5 heteroatoms. The van der Waals surface area contributed by atoms with E-state index in [9.17, 15) is 9.59 Å². The summed E-state index contributed by atoms with van der Waals surface area (Å²) in [4.78, 5) is 32.0. The van der Waals surface area contributed by atoms with E-state index >= 15 is 0 Å². The molecule has 4 aromatic rings. The molecule has 0 atom stereocenters. The predicted molar refractivity (Wildman–Crippen MR) is 154 cm³/mol. The Labute approximate surface area is 224 Å². The van der Waals surface area contributed by atoms with Crippen molar-refractivity contribution >= 4 is 28.0 Å². The summed E-state index contributed by atoms with van der Waals surface area (Å²) in [5.41, 5.74) is 6.28. The van der Waals surface area contributed by atoms with Crippen molar-refractivity contribution in [2.75, 3.05) is 18.0 Å². The fourth-order valence-electron chi connectivity index (χ4n) is 4.52. The number of anilines is 1. The first-order valence-corrected chi connectivity index (χ1v) is 13.7. The minimum absolute atomic E-state index is 0.00801. The maximum Gasteiger partial charge on any atom is 0.194 e. The number of aryl methyl sites for hydroxylation is 3. The molecule has 0 N–H and O–H groups in total. The van der Waals surface area contributed by atoms with Gasteiger partial charge in [-0.2, -0.15) is 0 Å². The van der Waals surface area contributed by atoms with Gasteiger partial charge in [0.05, 0.1) is 0 Å². The highest BCUT2D eigenvalue weighted by Crippen LogP contribution is 2.38. The van der Waals surface area contributed by atoms with Crippen molar-refractivity contribution in [3.63, 3.8) is 0 Å². The number of carbonyl (C=O) groups excluding carboxylic acids is 2. The Bertz CT molecular complexity index is 1360. The normalized spacial score (nSPS) is 13.2. The van der Waals surface area contributed by atoms with Gasteiger partial charge < -0.3 is 4.90 Å². The van der Waals surface area contributed by atoms with E-state index in [-0.39, 0.29) is 11.6 Å². The number of Topliss-reactive ketones (excluding diaryl/α,β-unsaturated/α-hetero) is 1. The van der Waals surface area contributed by atoms with Crippen LogP contribution < -0.4 is 4.90 Å². The summed E-state index contributed by atoms with van der Waals surface area (Å²) in [6, 6.07) is 21.2. The number of hydrogen-bond acceptors (Lipinski definition) is 5. The van der Waals surface area contributed by atoms with E-state index in [1.807, 2.05) is 41.8 Å². The molecular formula is C32H34N2O2S. The zero-order valence-electron chi connectivity index (χ0n) is 22.1. The summed E-state index contributed by atoms with van der Waals surface area (Å²) in [5, 5.41) is 1.23. The molecule has 37 heavy (non-hydrogen) atoms. The summed E-state index contributed by atoms with van der Waals surface area (Å²) in [7, 11) is 0. The molecule has 1 saturated heterocycles. The predicted octanol–water partition coefficient (Wildman–Crippen LogP) is 7.71. The number of hydrogen-bond donors (Lipinski definition) is 0. The molecule has 0 amide bonds. The van der Waals surface area contributed by atoms with E-state index in [1.165, 1.54) is 54.0 Å². The van der Waals surface area contributed by atoms with E-state index in [4.69, 9.17) is 0 Å². The number of fused-ring (bicyclic) bond motifs is 3. The van der Waals surface area contributed by atoms with Crippen LogP contribution in [0.2, 0.25) is 0 Å². The third-order valence-electron chi connectivity index (χ3n) is 6.61. The minimum Gasteiger partial charge on any atom is -0.348 e. The third kappa shape index (κ3) is 6.23. The van der Waals surface area contributed by atoms with Crippen LogP contribution in [-0.2, 0) is 6.42 Å². The number of aromatic nitrogens is 1. The molecule has 190 valence electrons. The van der Waals surface area contributed by atoms with Crippen molar-refractivity contribution in [2.24, 2.45) is 0 Å². The molecule has 2 heterocycles. The molecule has 0 bridgehead atoms. The molecule has 4 nitrogen and oxygen atoms in total. The van der Waals surface area contributed by atoms with Crippen LogP contribution in [0.1, 0.15) is 69.0 Å². The monoisotopic (exact) mass is 510 g/mol. The van der Waals surface area contributed by atoms with Gasteiger partial charge in [0.25, 0.3) is 0 Å². The Balaban J connectivity index is 0.000000140. The summed E-state index contributed by atoms with van der Waals surface area (Å²) < 4.78 is 0. The zero-order chi connectivity index (χ0) is 26.4. The lowest BCUT2D eigenvalue weighted by molar-refractivity contribution is 0.101. The molecule has 1 aliphatic heterocycles. The maximum absolute atomic E-state index is 12.2. The lowest BCUT2D eigenvalue weighted by atomic mass is 9.97. The van der Waals surface area contributed by atoms with Gasteiger partial charge in [-0.1, -0.05) is 84.8 Å². The fourth-order valence-corrected chi connectivity index (χ4v) is 5.42. The maximum atomic E-state index is 12.2. The first-order valence-electron chi connectivity index (χ1n) is 12.9. The molecular weight excluding hydrogens is 476 g/mol. The highest BCUT2D eigenvalue weighted by molar-refractivity contribution is 7.15. The summed E-state index contributed by atoms with van der Waals surface area (Å²) in [5.74, 6) is 0.00468. The molecule has 0 spiro atoms. The number of carbonyl (C=O) groups is 2. The van der Waals surface area contributed by atoms with Gasteiger partial charge in [-0.3, -0.25) is 9.59 Å². The third-order valence-corrected chi connectivity index (χ3v) is 7.82. The first-order chi connectivity index (χ1) is 17.9. The van der Waals surface area contributed by atoms with E-state index in [2.05, 4.69) is 54.9 Å². The van der Waals surface area contributed by atoms with Crippen LogP contribution in [0.25, 0.3) is 11.1 Å². The van der Waals surface area contributed by atoms with Crippen LogP contribution in [0.4, 0.5) is 5.13 Å². The Kier molecular flexibility index (Phi) is 8.67. The van der Waals surface area contributed by atoms with E-state index in [1.54, 1.807) is 18.2 Å². The van der Waals surface area contributed by atoms with Gasteiger partial charge in [-0.05, 0) is 45.6 Å². The average molecular weight is 511 g/mol. The largest absolute Gasteiger partial charge is 0.348 e. The van der Waals surface area contributed by atoms with E-state index < -0.39 is 0 Å². The van der Waals surface area contributed by atoms with Crippen molar-refractivity contribution in [3.05, 3.63) is 106 Å². The van der Waals surface area contributed by atoms with Crippen molar-refractivity contribution in [1.82, 2.24) is 4.98 Å². The SMILES string of the molecule is CC(=O)c1cccc2c1-c1ccccc1C2=O.CCc1cnc(N2CCCC2)s1.Cc1ccc(C)cc1. The number of rotatable bonds is 3. The molecule has 0 unspecified atom stereocenters. The Hall–Kier alpha value is -3.57. The van der Waals surface area contributed by atoms with Crippen LogP contribution in [-0.4, -0.2) is 29.6 Å². The molecule has 1 fully saturated rings. The minimum atomic E-state index is -0.00801. The summed E-state index contributed by atoms with van der Waals surface area (Å²) in [6.07, 6.45) is 5.80. The smallest absolute Gasteiger partial charge is 0.194 e. The fraction of sp³-hybridized carbons (Fsp3) is 0.281. The topological polar surface area (TPSA) is 50.3 Å². The van der Waals surface area contributed by atoms with Crippen molar-refractivity contribution in [2.45, 2.75) is 47.0 Å². The van der Waals surface area contributed by atoms with Crippen molar-refractivity contribution in [3.8, 4) is 11.1 Å². The second kappa shape index (κ2) is 12.1. The number of benzene rings is 3. The molecule has 2 aliphatic rings. The second-order valence-corrected chi connectivity index (χ2v) is 10.6. The van der Waals surface area contributed by atoms with Gasteiger partial charge >= 0.3 is 0 Å². The second-order valence-electron chi connectivity index (χ2n) is 9.47. The van der Waals surface area contributed by atoms with Gasteiger partial charge in [0.1, 0.15) is 0 Å². The van der Waals surface area contributed by atoms with Crippen LogP contribution >= 0.6 is 11.3 Å². The van der Waals surface area contributed by atoms with Crippen LogP contribution in [0.15, 0.2) is 72.9 Å². The van der Waals surface area contributed by atoms with Crippen LogP contribution in [0, 0.1) is 13.8 Å². The lowest BCUT2D eigenvalue weighted by Crippen LogP contribution is -2.16. The molecule has 3 aromatic carbocycles. The van der Waals surface area contributed by atoms with Gasteiger partial charge in [0.15, 0.2) is 16.7 Å². The Morgan fingerprint density at radius 2 is 1.46 bits per heavy atom. The molecule has 6 rings (SSSR count). The quantitative estimate of drug-likeness (QED) is 0.233. The molecule has 0 saturated carbocycles. The van der Waals surface area contributed by atoms with Crippen molar-refractivity contribution in [1.29, 1.82) is 0 Å². The highest BCUT2D eigenvalue weighted by atomic mass is 32.1. The number of thiazole rings is 1. The van der Waals surface area contributed by atoms with Crippen molar-refractivity contribution < 1.29 is 9.59 Å². The van der Waals surface area contributed by atoms with Crippen LogP contribution in [0.3, 0.4) is 0 Å². The zero-order valence-corrected chi connectivity index (χ0v) is 22.9. The number of nitrogens with zero attached hydrogens (tertiary/aromatic N) is 2. The average Bonchev–Trinajstić information content (AvgIpc) is 3.67. The standard InChI is InChI=1S/C15H10O2.C9H14N2S.C8H10/c1-9(16)10-7-4-8-13-14(10)11-5-2-3-6-12(11)15(13)17;1-2-8-7-10-9(12-8)11-5-3-4-6-11;1-7-3-5-8(2)6-4-7/h2-8H,1H3;7H,2-6H2,1H3;3-6H,1-2H3. The first kappa shape index (κ1) is 26.5. The highest BCUT2D eigenvalue weighted by Gasteiger charge is 2.28. The van der Waals surface area contributed by atoms with E-state index in [0.717, 1.165) is 17.5 Å². The summed E-state index contributed by atoms with van der Waals surface area (Å²) in [6.45, 7) is 10.3. The summed E-state index contributed by atoms with van der Waals surface area (Å²) >= 11 is 1.84. The van der Waals surface area contributed by atoms with Gasteiger partial charge in [0, 0.05) is 46.4 Å². The number of ketones is 2. The Morgan fingerprint density at radius 3 is 2.03 bits per heavy atom. The Morgan fingerprint density at radius 1 is 0.865 bits per heavy atom. The lowest BCUT2D eigenvalue weighted by Gasteiger charge is -2.11. The molecule has 1 aromatic heterocycles. The van der Waals surface area contributed by atoms with E-state index in [0.29, 0.717) is 16.7 Å².